The number of piperidine rings is 1. The van der Waals surface area contributed by atoms with Gasteiger partial charge in [0, 0.05) is 23.4 Å². The number of aliphatic carboxylic acids is 1. The normalized spacial score (nSPS) is 24.0. The van der Waals surface area contributed by atoms with Gasteiger partial charge in [-0.1, -0.05) is 60.7 Å². The van der Waals surface area contributed by atoms with Crippen LogP contribution in [-0.2, 0) is 10.2 Å². The molecule has 0 saturated carbocycles. The highest BCUT2D eigenvalue weighted by Crippen LogP contribution is 2.44. The van der Waals surface area contributed by atoms with Crippen molar-refractivity contribution in [1.29, 1.82) is 0 Å². The summed E-state index contributed by atoms with van der Waals surface area (Å²) in [4.78, 5) is 27.1. The third kappa shape index (κ3) is 3.49. The van der Waals surface area contributed by atoms with Crippen molar-refractivity contribution in [2.24, 2.45) is 5.92 Å². The summed E-state index contributed by atoms with van der Waals surface area (Å²) in [6, 6.07) is 18.9. The monoisotopic (exact) mass is 337 g/mol. The lowest BCUT2D eigenvalue weighted by molar-refractivity contribution is -0.139. The summed E-state index contributed by atoms with van der Waals surface area (Å²) in [7, 11) is 1.99. The Labute approximate surface area is 148 Å². The van der Waals surface area contributed by atoms with Crippen LogP contribution in [0.3, 0.4) is 0 Å². The van der Waals surface area contributed by atoms with Gasteiger partial charge in [0.2, 0.25) is 0 Å². The number of benzene rings is 2. The molecule has 1 fully saturated rings. The Morgan fingerprint density at radius 1 is 1.08 bits per heavy atom. The van der Waals surface area contributed by atoms with Gasteiger partial charge in [0.25, 0.3) is 0 Å². The summed E-state index contributed by atoms with van der Waals surface area (Å²) in [5, 5.41) is 9.60. The molecular weight excluding hydrogens is 314 g/mol. The van der Waals surface area contributed by atoms with Gasteiger partial charge < -0.3 is 10.0 Å². The number of carboxylic acids is 1. The molecule has 2 aromatic rings. The average molecular weight is 337 g/mol. The Bertz CT molecular complexity index is 744. The molecule has 2 aromatic carbocycles. The minimum absolute atomic E-state index is 0.0252. The number of Topliss-reactive ketones (excluding diaryl/α,β-unsaturated/α-hetero) is 1. The minimum atomic E-state index is -0.862. The molecule has 4 nitrogen and oxygen atoms in total. The first-order valence-corrected chi connectivity index (χ1v) is 8.58. The molecule has 4 heteroatoms. The molecule has 1 aliphatic rings. The zero-order chi connectivity index (χ0) is 17.9. The highest BCUT2D eigenvalue weighted by Gasteiger charge is 2.48. The highest BCUT2D eigenvalue weighted by molar-refractivity contribution is 5.99. The van der Waals surface area contributed by atoms with Crippen molar-refractivity contribution in [2.45, 2.75) is 18.3 Å². The van der Waals surface area contributed by atoms with E-state index in [1.54, 1.807) is 0 Å². The summed E-state index contributed by atoms with van der Waals surface area (Å²) >= 11 is 0. The number of ketones is 1. The quantitative estimate of drug-likeness (QED) is 0.851. The smallest absolute Gasteiger partial charge is 0.304 e. The van der Waals surface area contributed by atoms with Crippen molar-refractivity contribution in [3.63, 3.8) is 0 Å². The van der Waals surface area contributed by atoms with E-state index >= 15 is 0 Å². The fourth-order valence-corrected chi connectivity index (χ4v) is 3.98. The SMILES string of the molecule is CN1CC[C@@](CC(=O)O)(c2ccccc2)[C@H](C(=O)c2ccccc2)C1. The summed E-state index contributed by atoms with van der Waals surface area (Å²) in [6.45, 7) is 1.34. The summed E-state index contributed by atoms with van der Waals surface area (Å²) < 4.78 is 0. The van der Waals surface area contributed by atoms with Gasteiger partial charge in [-0.05, 0) is 25.6 Å². The second-order valence-corrected chi connectivity index (χ2v) is 6.89. The van der Waals surface area contributed by atoms with E-state index in [2.05, 4.69) is 4.90 Å². The Morgan fingerprint density at radius 3 is 2.28 bits per heavy atom. The van der Waals surface area contributed by atoms with Gasteiger partial charge in [0.05, 0.1) is 6.42 Å². The van der Waals surface area contributed by atoms with Crippen LogP contribution in [0.1, 0.15) is 28.8 Å². The molecule has 1 N–H and O–H groups in total. The maximum Gasteiger partial charge on any atom is 0.304 e. The van der Waals surface area contributed by atoms with Crippen LogP contribution in [0.15, 0.2) is 60.7 Å². The zero-order valence-electron chi connectivity index (χ0n) is 14.4. The molecule has 130 valence electrons. The van der Waals surface area contributed by atoms with Crippen LogP contribution >= 0.6 is 0 Å². The maximum absolute atomic E-state index is 13.3. The lowest BCUT2D eigenvalue weighted by Gasteiger charge is -2.46. The van der Waals surface area contributed by atoms with E-state index in [0.29, 0.717) is 18.5 Å². The van der Waals surface area contributed by atoms with E-state index in [-0.39, 0.29) is 18.1 Å². The molecular formula is C21H23NO3. The summed E-state index contributed by atoms with van der Waals surface area (Å²) in [5.41, 5.74) is 0.917. The van der Waals surface area contributed by atoms with Gasteiger partial charge in [0.15, 0.2) is 5.78 Å². The fourth-order valence-electron chi connectivity index (χ4n) is 3.98. The predicted molar refractivity (Wildman–Crippen MR) is 96.7 cm³/mol. The van der Waals surface area contributed by atoms with Crippen LogP contribution in [0.5, 0.6) is 0 Å². The Hall–Kier alpha value is -2.46. The molecule has 0 aromatic heterocycles. The second kappa shape index (κ2) is 7.19. The number of carboxylic acid groups (broad SMARTS) is 1. The first-order chi connectivity index (χ1) is 12.0. The number of nitrogens with zero attached hydrogens (tertiary/aromatic N) is 1. The second-order valence-electron chi connectivity index (χ2n) is 6.89. The Balaban J connectivity index is 2.09. The fraction of sp³-hybridized carbons (Fsp3) is 0.333. The molecule has 1 heterocycles. The molecule has 2 atom stereocenters. The van der Waals surface area contributed by atoms with E-state index in [0.717, 1.165) is 12.1 Å². The molecule has 0 amide bonds. The van der Waals surface area contributed by atoms with Gasteiger partial charge in [-0.25, -0.2) is 0 Å². The number of likely N-dealkylation sites (tertiary alicyclic amines) is 1. The lowest BCUT2D eigenvalue weighted by Crippen LogP contribution is -2.52. The van der Waals surface area contributed by atoms with E-state index in [1.807, 2.05) is 67.7 Å². The third-order valence-electron chi connectivity index (χ3n) is 5.29. The zero-order valence-corrected chi connectivity index (χ0v) is 14.4. The molecule has 0 spiro atoms. The average Bonchev–Trinajstić information content (AvgIpc) is 2.64. The molecule has 1 saturated heterocycles. The van der Waals surface area contributed by atoms with Crippen LogP contribution in [0.2, 0.25) is 0 Å². The van der Waals surface area contributed by atoms with Crippen molar-refractivity contribution in [2.75, 3.05) is 20.1 Å². The molecule has 25 heavy (non-hydrogen) atoms. The van der Waals surface area contributed by atoms with Crippen LogP contribution in [-0.4, -0.2) is 41.9 Å². The molecule has 1 aliphatic heterocycles. The number of hydrogen-bond donors (Lipinski definition) is 1. The van der Waals surface area contributed by atoms with Crippen molar-refractivity contribution in [3.8, 4) is 0 Å². The van der Waals surface area contributed by atoms with Crippen LogP contribution in [0, 0.1) is 5.92 Å². The van der Waals surface area contributed by atoms with Crippen molar-refractivity contribution < 1.29 is 14.7 Å². The largest absolute Gasteiger partial charge is 0.481 e. The third-order valence-corrected chi connectivity index (χ3v) is 5.29. The number of hydrogen-bond acceptors (Lipinski definition) is 3. The van der Waals surface area contributed by atoms with E-state index in [9.17, 15) is 14.7 Å². The van der Waals surface area contributed by atoms with Crippen molar-refractivity contribution in [1.82, 2.24) is 4.90 Å². The van der Waals surface area contributed by atoms with Gasteiger partial charge in [0.1, 0.15) is 0 Å². The standard InChI is InChI=1S/C21H23NO3/c1-22-13-12-21(14-19(23)24,17-10-6-3-7-11-17)18(15-22)20(25)16-8-4-2-5-9-16/h2-11,18H,12-15H2,1H3,(H,23,24)/t18-,21+/m0/s1. The van der Waals surface area contributed by atoms with Crippen molar-refractivity contribution >= 4 is 11.8 Å². The number of rotatable bonds is 5. The highest BCUT2D eigenvalue weighted by atomic mass is 16.4. The Kier molecular flexibility index (Phi) is 5.00. The first-order valence-electron chi connectivity index (χ1n) is 8.58. The van der Waals surface area contributed by atoms with Gasteiger partial charge >= 0.3 is 5.97 Å². The number of carbonyl (C=O) groups is 2. The van der Waals surface area contributed by atoms with Gasteiger partial charge in [-0.15, -0.1) is 0 Å². The topological polar surface area (TPSA) is 57.6 Å². The van der Waals surface area contributed by atoms with E-state index in [1.165, 1.54) is 0 Å². The summed E-state index contributed by atoms with van der Waals surface area (Å²) in [5.74, 6) is -1.22. The molecule has 0 unspecified atom stereocenters. The molecule has 0 aliphatic carbocycles. The molecule has 0 bridgehead atoms. The van der Waals surface area contributed by atoms with Crippen LogP contribution in [0.25, 0.3) is 0 Å². The molecule has 0 radical (unpaired) electrons. The number of carbonyl (C=O) groups excluding carboxylic acids is 1. The van der Waals surface area contributed by atoms with Gasteiger partial charge in [-0.2, -0.15) is 0 Å². The molecule has 3 rings (SSSR count). The first kappa shape index (κ1) is 17.4. The maximum atomic E-state index is 13.3. The van der Waals surface area contributed by atoms with E-state index in [4.69, 9.17) is 0 Å². The van der Waals surface area contributed by atoms with Crippen LogP contribution in [0.4, 0.5) is 0 Å². The predicted octanol–water partition coefficient (Wildman–Crippen LogP) is 3.23. The lowest BCUT2D eigenvalue weighted by atomic mass is 9.62. The van der Waals surface area contributed by atoms with Gasteiger partial charge in [-0.3, -0.25) is 9.59 Å². The minimum Gasteiger partial charge on any atom is -0.481 e. The summed E-state index contributed by atoms with van der Waals surface area (Å²) in [6.07, 6.45) is 0.622. The van der Waals surface area contributed by atoms with E-state index < -0.39 is 11.4 Å². The van der Waals surface area contributed by atoms with Crippen molar-refractivity contribution in [3.05, 3.63) is 71.8 Å². The Morgan fingerprint density at radius 2 is 1.68 bits per heavy atom. The van der Waals surface area contributed by atoms with Crippen LogP contribution < -0.4 is 0 Å².